The van der Waals surface area contributed by atoms with Gasteiger partial charge >= 0.3 is 5.97 Å². The van der Waals surface area contributed by atoms with Gasteiger partial charge in [-0.3, -0.25) is 0 Å². The molecule has 3 heteroatoms. The largest absolute Gasteiger partial charge is 0.457 e. The molecule has 3 nitrogen and oxygen atoms in total. The molecule has 0 spiro atoms. The van der Waals surface area contributed by atoms with Crippen molar-refractivity contribution in [1.29, 1.82) is 0 Å². The first-order valence-electron chi connectivity index (χ1n) is 5.86. The van der Waals surface area contributed by atoms with Crippen LogP contribution in [-0.4, -0.2) is 5.97 Å². The van der Waals surface area contributed by atoms with Gasteiger partial charge in [0.15, 0.2) is 0 Å². The lowest BCUT2D eigenvalue weighted by atomic mass is 10.3. The third-order valence-electron chi connectivity index (χ3n) is 2.36. The van der Waals surface area contributed by atoms with Crippen LogP contribution in [0.5, 0.6) is 17.2 Å². The molecule has 2 rings (SSSR count). The summed E-state index contributed by atoms with van der Waals surface area (Å²) in [4.78, 5) is 11.3. The Balaban J connectivity index is 2.03. The predicted molar refractivity (Wildman–Crippen MR) is 73.4 cm³/mol. The van der Waals surface area contributed by atoms with Crippen molar-refractivity contribution in [2.75, 3.05) is 0 Å². The lowest BCUT2D eigenvalue weighted by molar-refractivity contribution is -0.130. The smallest absolute Gasteiger partial charge is 0.338 e. The fourth-order valence-electron chi connectivity index (χ4n) is 1.39. The summed E-state index contributed by atoms with van der Waals surface area (Å²) in [7, 11) is 0. The highest BCUT2D eigenvalue weighted by Gasteiger charge is 2.05. The van der Waals surface area contributed by atoms with E-state index in [0.717, 1.165) is 5.75 Å². The monoisotopic (exact) mass is 254 g/mol. The Bertz CT molecular complexity index is 571. The van der Waals surface area contributed by atoms with Gasteiger partial charge in [0.2, 0.25) is 0 Å². The molecule has 96 valence electrons. The van der Waals surface area contributed by atoms with Crippen LogP contribution in [0.25, 0.3) is 0 Å². The zero-order chi connectivity index (χ0) is 13.7. The number of benzene rings is 2. The van der Waals surface area contributed by atoms with Gasteiger partial charge in [-0.15, -0.1) is 0 Å². The average molecular weight is 254 g/mol. The highest BCUT2D eigenvalue weighted by atomic mass is 16.5. The summed E-state index contributed by atoms with van der Waals surface area (Å²) < 4.78 is 10.7. The molecule has 0 amide bonds. The van der Waals surface area contributed by atoms with Crippen molar-refractivity contribution in [3.05, 3.63) is 66.7 Å². The van der Waals surface area contributed by atoms with Gasteiger partial charge in [0.1, 0.15) is 17.2 Å². The van der Waals surface area contributed by atoms with Gasteiger partial charge in [0.25, 0.3) is 0 Å². The van der Waals surface area contributed by atoms with Gasteiger partial charge in [0, 0.05) is 5.57 Å². The lowest BCUT2D eigenvalue weighted by Crippen LogP contribution is -2.07. The van der Waals surface area contributed by atoms with Gasteiger partial charge in [-0.25, -0.2) is 4.79 Å². The number of rotatable bonds is 4. The molecule has 2 aromatic rings. The topological polar surface area (TPSA) is 35.5 Å². The highest BCUT2D eigenvalue weighted by molar-refractivity contribution is 5.88. The van der Waals surface area contributed by atoms with Gasteiger partial charge in [0.05, 0.1) is 0 Å². The zero-order valence-corrected chi connectivity index (χ0v) is 10.6. The van der Waals surface area contributed by atoms with E-state index >= 15 is 0 Å². The maximum atomic E-state index is 11.3. The van der Waals surface area contributed by atoms with Crippen LogP contribution in [0.3, 0.4) is 0 Å². The Kier molecular flexibility index (Phi) is 3.98. The van der Waals surface area contributed by atoms with Crippen LogP contribution in [0.2, 0.25) is 0 Å². The summed E-state index contributed by atoms with van der Waals surface area (Å²) in [5.41, 5.74) is 0.365. The van der Waals surface area contributed by atoms with Crippen molar-refractivity contribution in [3.8, 4) is 17.2 Å². The van der Waals surface area contributed by atoms with Gasteiger partial charge in [-0.05, 0) is 43.3 Å². The fourth-order valence-corrected chi connectivity index (χ4v) is 1.39. The van der Waals surface area contributed by atoms with Crippen LogP contribution in [0.4, 0.5) is 0 Å². The minimum atomic E-state index is -0.434. The van der Waals surface area contributed by atoms with Crippen molar-refractivity contribution in [3.63, 3.8) is 0 Å². The Morgan fingerprint density at radius 2 is 1.42 bits per heavy atom. The highest BCUT2D eigenvalue weighted by Crippen LogP contribution is 2.23. The fraction of sp³-hybridized carbons (Fsp3) is 0.0625. The van der Waals surface area contributed by atoms with E-state index in [-0.39, 0.29) is 0 Å². The van der Waals surface area contributed by atoms with Crippen LogP contribution < -0.4 is 9.47 Å². The molecule has 0 saturated carbocycles. The number of hydrogen-bond acceptors (Lipinski definition) is 3. The normalized spacial score (nSPS) is 9.74. The third kappa shape index (κ3) is 3.71. The van der Waals surface area contributed by atoms with Crippen molar-refractivity contribution in [2.24, 2.45) is 0 Å². The number of esters is 1. The Labute approximate surface area is 112 Å². The second kappa shape index (κ2) is 5.87. The molecular formula is C16H14O3. The van der Waals surface area contributed by atoms with Crippen molar-refractivity contribution >= 4 is 5.97 Å². The number of carbonyl (C=O) groups is 1. The maximum absolute atomic E-state index is 11.3. The maximum Gasteiger partial charge on any atom is 0.338 e. The summed E-state index contributed by atoms with van der Waals surface area (Å²) in [6.45, 7) is 5.13. The molecule has 0 heterocycles. The summed E-state index contributed by atoms with van der Waals surface area (Å²) in [6.07, 6.45) is 0. The minimum Gasteiger partial charge on any atom is -0.457 e. The van der Waals surface area contributed by atoms with E-state index in [0.29, 0.717) is 17.1 Å². The number of ether oxygens (including phenoxy) is 2. The average Bonchev–Trinajstić information content (AvgIpc) is 2.42. The quantitative estimate of drug-likeness (QED) is 0.470. The molecule has 0 aliphatic rings. The minimum absolute atomic E-state index is 0.365. The van der Waals surface area contributed by atoms with Gasteiger partial charge in [-0.2, -0.15) is 0 Å². The van der Waals surface area contributed by atoms with Crippen molar-refractivity contribution in [1.82, 2.24) is 0 Å². The molecule has 0 saturated heterocycles. The van der Waals surface area contributed by atoms with Crippen LogP contribution in [0.1, 0.15) is 6.92 Å². The Hall–Kier alpha value is -2.55. The summed E-state index contributed by atoms with van der Waals surface area (Å²) >= 11 is 0. The molecule has 0 bridgehead atoms. The van der Waals surface area contributed by atoms with Crippen LogP contribution in [0, 0.1) is 0 Å². The van der Waals surface area contributed by atoms with Crippen molar-refractivity contribution in [2.45, 2.75) is 6.92 Å². The number of hydrogen-bond donors (Lipinski definition) is 0. The predicted octanol–water partition coefficient (Wildman–Crippen LogP) is 3.96. The Morgan fingerprint density at radius 1 is 0.895 bits per heavy atom. The lowest BCUT2D eigenvalue weighted by Gasteiger charge is -2.07. The molecule has 0 aliphatic heterocycles. The first kappa shape index (κ1) is 12.9. The molecule has 19 heavy (non-hydrogen) atoms. The van der Waals surface area contributed by atoms with Crippen molar-refractivity contribution < 1.29 is 14.3 Å². The van der Waals surface area contributed by atoms with E-state index < -0.39 is 5.97 Å². The zero-order valence-electron chi connectivity index (χ0n) is 10.6. The van der Waals surface area contributed by atoms with E-state index in [2.05, 4.69) is 6.58 Å². The molecule has 0 atom stereocenters. The van der Waals surface area contributed by atoms with E-state index in [1.54, 1.807) is 31.2 Å². The van der Waals surface area contributed by atoms with E-state index in [1.807, 2.05) is 30.3 Å². The Morgan fingerprint density at radius 3 is 2.00 bits per heavy atom. The molecule has 0 fully saturated rings. The number of para-hydroxylation sites is 1. The second-order valence-corrected chi connectivity index (χ2v) is 4.06. The second-order valence-electron chi connectivity index (χ2n) is 4.06. The van der Waals surface area contributed by atoms with Crippen LogP contribution in [0.15, 0.2) is 66.7 Å². The standard InChI is InChI=1S/C16H14O3/c1-12(2)16(17)19-15-10-8-14(9-11-15)18-13-6-4-3-5-7-13/h3-11H,1H2,2H3. The molecule has 0 aromatic heterocycles. The van der Waals surface area contributed by atoms with Gasteiger partial charge < -0.3 is 9.47 Å². The summed E-state index contributed by atoms with van der Waals surface area (Å²) in [5, 5.41) is 0. The van der Waals surface area contributed by atoms with E-state index in [9.17, 15) is 4.79 Å². The van der Waals surface area contributed by atoms with E-state index in [1.165, 1.54) is 0 Å². The summed E-state index contributed by atoms with van der Waals surface area (Å²) in [5.74, 6) is 1.47. The molecular weight excluding hydrogens is 240 g/mol. The molecule has 0 radical (unpaired) electrons. The first-order chi connectivity index (χ1) is 9.15. The van der Waals surface area contributed by atoms with E-state index in [4.69, 9.17) is 9.47 Å². The van der Waals surface area contributed by atoms with Crippen LogP contribution >= 0.6 is 0 Å². The molecule has 2 aromatic carbocycles. The van der Waals surface area contributed by atoms with Crippen LogP contribution in [-0.2, 0) is 4.79 Å². The number of carbonyl (C=O) groups excluding carboxylic acids is 1. The third-order valence-corrected chi connectivity index (χ3v) is 2.36. The molecule has 0 aliphatic carbocycles. The first-order valence-corrected chi connectivity index (χ1v) is 5.86. The SMILES string of the molecule is C=C(C)C(=O)Oc1ccc(Oc2ccccc2)cc1. The van der Waals surface area contributed by atoms with Gasteiger partial charge in [-0.1, -0.05) is 24.8 Å². The summed E-state index contributed by atoms with van der Waals surface area (Å²) in [6, 6.07) is 16.3. The molecule has 0 unspecified atom stereocenters. The molecule has 0 N–H and O–H groups in total.